The molecule has 0 unspecified atom stereocenters. The van der Waals surface area contributed by atoms with Crippen molar-refractivity contribution in [1.29, 1.82) is 0 Å². The van der Waals surface area contributed by atoms with E-state index >= 15 is 0 Å². The minimum atomic E-state index is -3.70. The van der Waals surface area contributed by atoms with Crippen LogP contribution in [0.3, 0.4) is 0 Å². The van der Waals surface area contributed by atoms with Crippen LogP contribution in [0.1, 0.15) is 41.6 Å². The fraction of sp³-hybridized carbons (Fsp3) is 0.296. The number of para-hydroxylation sites is 1. The summed E-state index contributed by atoms with van der Waals surface area (Å²) in [6.45, 7) is 1.10. The van der Waals surface area contributed by atoms with Crippen molar-refractivity contribution in [1.82, 2.24) is 4.31 Å². The van der Waals surface area contributed by atoms with E-state index in [1.54, 1.807) is 36.4 Å². The summed E-state index contributed by atoms with van der Waals surface area (Å²) in [5.74, 6) is -0.500. The summed E-state index contributed by atoms with van der Waals surface area (Å²) in [4.78, 5) is 13.4. The highest BCUT2D eigenvalue weighted by Crippen LogP contribution is 2.27. The van der Waals surface area contributed by atoms with Crippen LogP contribution in [0.2, 0.25) is 0 Å². The van der Waals surface area contributed by atoms with Crippen molar-refractivity contribution in [3.63, 3.8) is 0 Å². The van der Waals surface area contributed by atoms with Gasteiger partial charge in [-0.3, -0.25) is 9.10 Å². The van der Waals surface area contributed by atoms with Crippen LogP contribution in [0.4, 0.5) is 11.4 Å². The smallest absolute Gasteiger partial charge is 0.257 e. The van der Waals surface area contributed by atoms with Gasteiger partial charge in [-0.05, 0) is 54.8 Å². The molecule has 4 rings (SSSR count). The van der Waals surface area contributed by atoms with Crippen molar-refractivity contribution in [2.45, 2.75) is 37.1 Å². The summed E-state index contributed by atoms with van der Waals surface area (Å²) in [5.41, 5.74) is 1.63. The van der Waals surface area contributed by atoms with Crippen LogP contribution in [0, 0.1) is 0 Å². The van der Waals surface area contributed by atoms with Crippen molar-refractivity contribution < 1.29 is 21.6 Å². The highest BCUT2D eigenvalue weighted by atomic mass is 32.2. The molecule has 1 aliphatic rings. The molecule has 3 aromatic carbocycles. The Labute approximate surface area is 219 Å². The van der Waals surface area contributed by atoms with Gasteiger partial charge in [-0.2, -0.15) is 4.31 Å². The van der Waals surface area contributed by atoms with Crippen LogP contribution < -0.4 is 9.62 Å². The van der Waals surface area contributed by atoms with E-state index in [2.05, 4.69) is 5.32 Å². The Bertz CT molecular complexity index is 1430. The lowest BCUT2D eigenvalue weighted by atomic mass is 10.1. The number of sulfonamides is 2. The Balaban J connectivity index is 1.56. The highest BCUT2D eigenvalue weighted by molar-refractivity contribution is 7.92. The first-order valence-electron chi connectivity index (χ1n) is 12.2. The van der Waals surface area contributed by atoms with E-state index in [1.807, 2.05) is 30.3 Å². The van der Waals surface area contributed by atoms with Crippen LogP contribution in [-0.4, -0.2) is 46.4 Å². The number of benzene rings is 3. The Morgan fingerprint density at radius 1 is 0.811 bits per heavy atom. The van der Waals surface area contributed by atoms with Crippen LogP contribution in [0.15, 0.2) is 83.8 Å². The fourth-order valence-electron chi connectivity index (χ4n) is 4.35. The largest absolute Gasteiger partial charge is 0.322 e. The molecule has 10 heteroatoms. The van der Waals surface area contributed by atoms with E-state index in [1.165, 1.54) is 20.7 Å². The van der Waals surface area contributed by atoms with Crippen LogP contribution in [0.5, 0.6) is 0 Å². The molecule has 0 bridgehead atoms. The predicted octanol–water partition coefficient (Wildman–Crippen LogP) is 4.47. The van der Waals surface area contributed by atoms with Gasteiger partial charge >= 0.3 is 0 Å². The number of nitrogens with zero attached hydrogens (tertiary/aromatic N) is 2. The SMILES string of the molecule is CS(=O)(=O)N(Cc1ccccc1)c1ccccc1C(=O)Nc1ccc(S(=O)(=O)N2CCCCCC2)cc1. The van der Waals surface area contributed by atoms with E-state index in [-0.39, 0.29) is 22.7 Å². The molecule has 0 aliphatic carbocycles. The van der Waals surface area contributed by atoms with Gasteiger partial charge in [0.05, 0.1) is 28.9 Å². The molecule has 8 nitrogen and oxygen atoms in total. The van der Waals surface area contributed by atoms with Crippen molar-refractivity contribution in [2.24, 2.45) is 0 Å². The van der Waals surface area contributed by atoms with Gasteiger partial charge in [0.15, 0.2) is 0 Å². The number of carbonyl (C=O) groups excluding carboxylic acids is 1. The van der Waals surface area contributed by atoms with Crippen molar-refractivity contribution >= 4 is 37.3 Å². The second kappa shape index (κ2) is 11.5. The maximum Gasteiger partial charge on any atom is 0.257 e. The summed E-state index contributed by atoms with van der Waals surface area (Å²) < 4.78 is 54.2. The molecule has 1 N–H and O–H groups in total. The van der Waals surface area contributed by atoms with Gasteiger partial charge in [-0.1, -0.05) is 55.3 Å². The molecule has 3 aromatic rings. The Hall–Kier alpha value is -3.21. The number of hydrogen-bond acceptors (Lipinski definition) is 5. The normalized spacial score (nSPS) is 15.1. The second-order valence-electron chi connectivity index (χ2n) is 9.07. The second-order valence-corrected chi connectivity index (χ2v) is 12.9. The molecular weight excluding hydrogens is 510 g/mol. The van der Waals surface area contributed by atoms with Gasteiger partial charge in [0.25, 0.3) is 5.91 Å². The number of nitrogens with one attached hydrogen (secondary N) is 1. The summed E-state index contributed by atoms with van der Waals surface area (Å²) in [5, 5.41) is 2.77. The molecule has 1 saturated heterocycles. The minimum Gasteiger partial charge on any atom is -0.322 e. The Morgan fingerprint density at radius 3 is 2.03 bits per heavy atom. The number of carbonyl (C=O) groups is 1. The molecule has 1 aliphatic heterocycles. The van der Waals surface area contributed by atoms with Crippen LogP contribution in [-0.2, 0) is 26.6 Å². The van der Waals surface area contributed by atoms with E-state index in [4.69, 9.17) is 0 Å². The quantitative estimate of drug-likeness (QED) is 0.453. The molecule has 196 valence electrons. The average Bonchev–Trinajstić information content (AvgIpc) is 3.18. The summed E-state index contributed by atoms with van der Waals surface area (Å²) in [7, 11) is -7.30. The third-order valence-electron chi connectivity index (χ3n) is 6.30. The van der Waals surface area contributed by atoms with E-state index < -0.39 is 26.0 Å². The zero-order chi connectivity index (χ0) is 26.5. The van der Waals surface area contributed by atoms with Gasteiger partial charge in [0.1, 0.15) is 0 Å². The van der Waals surface area contributed by atoms with Crippen molar-refractivity contribution in [3.05, 3.63) is 90.0 Å². The van der Waals surface area contributed by atoms with E-state index in [0.717, 1.165) is 37.5 Å². The molecule has 0 atom stereocenters. The molecule has 0 spiro atoms. The zero-order valence-corrected chi connectivity index (χ0v) is 22.3. The number of anilines is 2. The lowest BCUT2D eigenvalue weighted by Gasteiger charge is -2.25. The first kappa shape index (κ1) is 26.8. The maximum atomic E-state index is 13.2. The summed E-state index contributed by atoms with van der Waals surface area (Å²) >= 11 is 0. The monoisotopic (exact) mass is 541 g/mol. The Kier molecular flexibility index (Phi) is 8.31. The number of hydrogen-bond donors (Lipinski definition) is 1. The molecular formula is C27H31N3O5S2. The lowest BCUT2D eigenvalue weighted by Crippen LogP contribution is -2.32. The van der Waals surface area contributed by atoms with Gasteiger partial charge < -0.3 is 5.32 Å². The van der Waals surface area contributed by atoms with Gasteiger partial charge in [-0.15, -0.1) is 0 Å². The highest BCUT2D eigenvalue weighted by Gasteiger charge is 2.26. The van der Waals surface area contributed by atoms with Gasteiger partial charge in [0.2, 0.25) is 20.0 Å². The van der Waals surface area contributed by atoms with Crippen LogP contribution >= 0.6 is 0 Å². The van der Waals surface area contributed by atoms with E-state index in [9.17, 15) is 21.6 Å². The lowest BCUT2D eigenvalue weighted by molar-refractivity contribution is 0.102. The zero-order valence-electron chi connectivity index (χ0n) is 20.7. The molecule has 0 radical (unpaired) electrons. The Morgan fingerprint density at radius 2 is 1.41 bits per heavy atom. The third-order valence-corrected chi connectivity index (χ3v) is 9.34. The molecule has 1 fully saturated rings. The average molecular weight is 542 g/mol. The predicted molar refractivity (Wildman–Crippen MR) is 146 cm³/mol. The molecule has 0 aromatic heterocycles. The van der Waals surface area contributed by atoms with Crippen LogP contribution in [0.25, 0.3) is 0 Å². The van der Waals surface area contributed by atoms with Gasteiger partial charge in [0, 0.05) is 18.8 Å². The molecule has 0 saturated carbocycles. The van der Waals surface area contributed by atoms with Gasteiger partial charge in [-0.25, -0.2) is 16.8 Å². The first-order chi connectivity index (χ1) is 17.7. The first-order valence-corrected chi connectivity index (χ1v) is 15.5. The molecule has 1 heterocycles. The molecule has 1 amide bonds. The standard InChI is InChI=1S/C27H31N3O5S2/c1-36(32,33)30(21-22-11-5-4-6-12-22)26-14-8-7-13-25(26)27(31)28-23-15-17-24(18-16-23)37(34,35)29-19-9-2-3-10-20-29/h4-8,11-18H,2-3,9-10,19-21H2,1H3,(H,28,31). The van der Waals surface area contributed by atoms with Crippen molar-refractivity contribution in [2.75, 3.05) is 29.0 Å². The maximum absolute atomic E-state index is 13.2. The topological polar surface area (TPSA) is 104 Å². The number of amides is 1. The summed E-state index contributed by atoms with van der Waals surface area (Å²) in [6, 6.07) is 21.7. The summed E-state index contributed by atoms with van der Waals surface area (Å²) in [6.07, 6.45) is 4.86. The molecule has 37 heavy (non-hydrogen) atoms. The van der Waals surface area contributed by atoms with Crippen molar-refractivity contribution in [3.8, 4) is 0 Å². The number of rotatable bonds is 8. The van der Waals surface area contributed by atoms with E-state index in [0.29, 0.717) is 18.8 Å². The fourth-order valence-corrected chi connectivity index (χ4v) is 6.77. The third kappa shape index (κ3) is 6.57. The minimum absolute atomic E-state index is 0.0764.